The van der Waals surface area contributed by atoms with Crippen molar-refractivity contribution in [3.05, 3.63) is 35.9 Å². The summed E-state index contributed by atoms with van der Waals surface area (Å²) >= 11 is 0. The van der Waals surface area contributed by atoms with Crippen molar-refractivity contribution in [1.82, 2.24) is 5.43 Å². The van der Waals surface area contributed by atoms with Crippen LogP contribution < -0.4 is 11.3 Å². The lowest BCUT2D eigenvalue weighted by Crippen LogP contribution is -2.55. The smallest absolute Gasteiger partial charge is 0.0309 e. The number of hydrogen-bond donors (Lipinski definition) is 2. The Kier molecular flexibility index (Phi) is 4.41. The summed E-state index contributed by atoms with van der Waals surface area (Å²) in [7, 11) is 0. The van der Waals surface area contributed by atoms with Gasteiger partial charge in [-0.25, -0.2) is 0 Å². The molecule has 0 bridgehead atoms. The Labute approximate surface area is 111 Å². The van der Waals surface area contributed by atoms with Gasteiger partial charge >= 0.3 is 0 Å². The van der Waals surface area contributed by atoms with E-state index in [-0.39, 0.29) is 5.41 Å². The fraction of sp³-hybridized carbons (Fsp3) is 0.625. The number of benzene rings is 1. The minimum atomic E-state index is 0.277. The Morgan fingerprint density at radius 3 is 2.39 bits per heavy atom. The molecule has 2 unspecified atom stereocenters. The second-order valence-electron chi connectivity index (χ2n) is 5.84. The van der Waals surface area contributed by atoms with E-state index in [0.717, 1.165) is 5.92 Å². The van der Waals surface area contributed by atoms with Gasteiger partial charge < -0.3 is 0 Å². The lowest BCUT2D eigenvalue weighted by atomic mass is 9.59. The van der Waals surface area contributed by atoms with E-state index in [4.69, 9.17) is 5.84 Å². The van der Waals surface area contributed by atoms with Crippen molar-refractivity contribution < 1.29 is 0 Å². The fourth-order valence-electron chi connectivity index (χ4n) is 3.19. The van der Waals surface area contributed by atoms with Crippen LogP contribution in [0.15, 0.2) is 30.3 Å². The average molecular weight is 246 g/mol. The minimum absolute atomic E-state index is 0.277. The second kappa shape index (κ2) is 5.85. The zero-order valence-corrected chi connectivity index (χ0v) is 11.7. The summed E-state index contributed by atoms with van der Waals surface area (Å²) in [6.07, 6.45) is 6.25. The standard InChI is InChI=1S/C16H26N2/c1-3-13(2)12-15(18-17)16(10-7-11-16)14-8-5-4-6-9-14/h4-6,8-9,13,15,18H,3,7,10-12,17H2,1-2H3. The van der Waals surface area contributed by atoms with Gasteiger partial charge in [0.05, 0.1) is 0 Å². The van der Waals surface area contributed by atoms with Crippen LogP contribution in [0.1, 0.15) is 51.5 Å². The molecule has 2 nitrogen and oxygen atoms in total. The molecule has 0 amide bonds. The SMILES string of the molecule is CCC(C)CC(NN)C1(c2ccccc2)CCC1. The normalized spacial score (nSPS) is 21.1. The highest BCUT2D eigenvalue weighted by molar-refractivity contribution is 5.30. The lowest BCUT2D eigenvalue weighted by Gasteiger charge is -2.49. The Balaban J connectivity index is 2.20. The van der Waals surface area contributed by atoms with Crippen molar-refractivity contribution in [1.29, 1.82) is 0 Å². The molecule has 1 fully saturated rings. The highest BCUT2D eigenvalue weighted by Crippen LogP contribution is 2.47. The van der Waals surface area contributed by atoms with Crippen LogP contribution in [0, 0.1) is 5.92 Å². The topological polar surface area (TPSA) is 38.0 Å². The second-order valence-corrected chi connectivity index (χ2v) is 5.84. The van der Waals surface area contributed by atoms with Crippen molar-refractivity contribution in [3.8, 4) is 0 Å². The van der Waals surface area contributed by atoms with Gasteiger partial charge in [0.1, 0.15) is 0 Å². The molecule has 1 aromatic rings. The zero-order valence-electron chi connectivity index (χ0n) is 11.7. The van der Waals surface area contributed by atoms with Crippen LogP contribution in [0.3, 0.4) is 0 Å². The molecule has 1 aliphatic rings. The zero-order chi connectivity index (χ0) is 13.0. The Bertz CT molecular complexity index is 357. The first-order chi connectivity index (χ1) is 8.73. The van der Waals surface area contributed by atoms with Gasteiger partial charge in [0.15, 0.2) is 0 Å². The number of nitrogens with one attached hydrogen (secondary N) is 1. The van der Waals surface area contributed by atoms with Crippen LogP contribution in [0.25, 0.3) is 0 Å². The molecule has 2 atom stereocenters. The van der Waals surface area contributed by atoms with E-state index in [0.29, 0.717) is 6.04 Å². The highest BCUT2D eigenvalue weighted by atomic mass is 15.2. The third-order valence-electron chi connectivity index (χ3n) is 4.80. The average Bonchev–Trinajstić information content (AvgIpc) is 2.37. The van der Waals surface area contributed by atoms with E-state index in [9.17, 15) is 0 Å². The first kappa shape index (κ1) is 13.6. The van der Waals surface area contributed by atoms with E-state index in [1.807, 2.05) is 0 Å². The van der Waals surface area contributed by atoms with Crippen LogP contribution in [-0.2, 0) is 5.41 Å². The maximum Gasteiger partial charge on any atom is 0.0309 e. The Hall–Kier alpha value is -0.860. The third-order valence-corrected chi connectivity index (χ3v) is 4.80. The highest BCUT2D eigenvalue weighted by Gasteiger charge is 2.45. The van der Waals surface area contributed by atoms with Crippen LogP contribution in [-0.4, -0.2) is 6.04 Å². The van der Waals surface area contributed by atoms with Crippen molar-refractivity contribution in [2.45, 2.75) is 57.4 Å². The first-order valence-corrected chi connectivity index (χ1v) is 7.24. The summed E-state index contributed by atoms with van der Waals surface area (Å²) in [4.78, 5) is 0. The molecule has 1 saturated carbocycles. The van der Waals surface area contributed by atoms with Crippen LogP contribution in [0.4, 0.5) is 0 Å². The predicted octanol–water partition coefficient (Wildman–Crippen LogP) is 3.38. The van der Waals surface area contributed by atoms with Crippen molar-refractivity contribution in [2.75, 3.05) is 0 Å². The van der Waals surface area contributed by atoms with Crippen molar-refractivity contribution >= 4 is 0 Å². The molecular formula is C16H26N2. The molecule has 1 aliphatic carbocycles. The molecule has 0 saturated heterocycles. The number of rotatable bonds is 6. The van der Waals surface area contributed by atoms with Gasteiger partial charge in [-0.05, 0) is 30.7 Å². The number of nitrogens with two attached hydrogens (primary N) is 1. The Morgan fingerprint density at radius 1 is 1.28 bits per heavy atom. The first-order valence-electron chi connectivity index (χ1n) is 7.24. The molecule has 2 rings (SSSR count). The van der Waals surface area contributed by atoms with E-state index < -0.39 is 0 Å². The maximum atomic E-state index is 5.86. The van der Waals surface area contributed by atoms with Gasteiger partial charge in [0.2, 0.25) is 0 Å². The molecule has 0 aliphatic heterocycles. The molecule has 100 valence electrons. The van der Waals surface area contributed by atoms with E-state index in [2.05, 4.69) is 49.6 Å². The monoisotopic (exact) mass is 246 g/mol. The number of hydrazine groups is 1. The van der Waals surface area contributed by atoms with Crippen LogP contribution in [0.2, 0.25) is 0 Å². The molecule has 0 radical (unpaired) electrons. The lowest BCUT2D eigenvalue weighted by molar-refractivity contribution is 0.149. The van der Waals surface area contributed by atoms with Gasteiger partial charge in [-0.3, -0.25) is 11.3 Å². The van der Waals surface area contributed by atoms with E-state index in [1.54, 1.807) is 0 Å². The maximum absolute atomic E-state index is 5.86. The summed E-state index contributed by atoms with van der Waals surface area (Å²) in [6, 6.07) is 11.3. The molecule has 0 aromatic heterocycles. The van der Waals surface area contributed by atoms with Gasteiger partial charge in [-0.2, -0.15) is 0 Å². The summed E-state index contributed by atoms with van der Waals surface area (Å²) < 4.78 is 0. The molecule has 0 spiro atoms. The van der Waals surface area contributed by atoms with Gasteiger partial charge in [-0.15, -0.1) is 0 Å². The molecule has 0 heterocycles. The largest absolute Gasteiger partial charge is 0.271 e. The van der Waals surface area contributed by atoms with Gasteiger partial charge in [0, 0.05) is 11.5 Å². The molecule has 1 aromatic carbocycles. The van der Waals surface area contributed by atoms with Crippen LogP contribution >= 0.6 is 0 Å². The van der Waals surface area contributed by atoms with Gasteiger partial charge in [-0.1, -0.05) is 57.0 Å². The Morgan fingerprint density at radius 2 is 1.94 bits per heavy atom. The van der Waals surface area contributed by atoms with Crippen LogP contribution in [0.5, 0.6) is 0 Å². The van der Waals surface area contributed by atoms with Crippen molar-refractivity contribution in [2.24, 2.45) is 11.8 Å². The summed E-state index contributed by atoms with van der Waals surface area (Å²) in [5, 5.41) is 0. The van der Waals surface area contributed by atoms with E-state index >= 15 is 0 Å². The molecular weight excluding hydrogens is 220 g/mol. The summed E-state index contributed by atoms with van der Waals surface area (Å²) in [6.45, 7) is 4.58. The minimum Gasteiger partial charge on any atom is -0.271 e. The summed E-state index contributed by atoms with van der Waals surface area (Å²) in [5.41, 5.74) is 4.85. The molecule has 18 heavy (non-hydrogen) atoms. The van der Waals surface area contributed by atoms with Crippen molar-refractivity contribution in [3.63, 3.8) is 0 Å². The van der Waals surface area contributed by atoms with E-state index in [1.165, 1.54) is 37.7 Å². The predicted molar refractivity (Wildman–Crippen MR) is 77.2 cm³/mol. The summed E-state index contributed by atoms with van der Waals surface area (Å²) in [5.74, 6) is 6.59. The van der Waals surface area contributed by atoms with Gasteiger partial charge in [0.25, 0.3) is 0 Å². The third kappa shape index (κ3) is 2.45. The fourth-order valence-corrected chi connectivity index (χ4v) is 3.19. The molecule has 2 heteroatoms. The number of hydrogen-bond acceptors (Lipinski definition) is 2. The molecule has 3 N–H and O–H groups in total. The quantitative estimate of drug-likeness (QED) is 0.596.